The Labute approximate surface area is 187 Å². The van der Waals surface area contributed by atoms with Gasteiger partial charge in [0.1, 0.15) is 18.2 Å². The average molecular weight is 474 g/mol. The second-order valence-electron chi connectivity index (χ2n) is 8.08. The first kappa shape index (κ1) is 26.2. The van der Waals surface area contributed by atoms with Gasteiger partial charge < -0.3 is 10.2 Å². The highest BCUT2D eigenvalue weighted by Crippen LogP contribution is 2.38. The third kappa shape index (κ3) is 6.49. The van der Waals surface area contributed by atoms with E-state index in [1.807, 2.05) is 0 Å². The van der Waals surface area contributed by atoms with Crippen LogP contribution in [0.15, 0.2) is 34.3 Å². The molecule has 0 aliphatic rings. The van der Waals surface area contributed by atoms with E-state index < -0.39 is 23.5 Å². The number of phenols is 2. The highest BCUT2D eigenvalue weighted by Gasteiger charge is 2.33. The number of aliphatic imine (C=N–C) groups is 2. The van der Waals surface area contributed by atoms with Gasteiger partial charge in [0, 0.05) is 23.6 Å². The van der Waals surface area contributed by atoms with E-state index in [1.54, 1.807) is 27.7 Å². The summed E-state index contributed by atoms with van der Waals surface area (Å²) in [5.41, 5.74) is -2.00. The molecule has 0 unspecified atom stereocenters. The molecular formula is C23H24F6N2O2. The fourth-order valence-electron chi connectivity index (χ4n) is 3.09. The van der Waals surface area contributed by atoms with E-state index in [1.165, 1.54) is 0 Å². The van der Waals surface area contributed by atoms with Gasteiger partial charge in [-0.15, -0.1) is 0 Å². The van der Waals surface area contributed by atoms with Gasteiger partial charge in [-0.05, 0) is 47.2 Å². The third-order valence-corrected chi connectivity index (χ3v) is 4.86. The molecule has 0 spiro atoms. The number of alkyl halides is 6. The number of phenolic OH excluding ortho intramolecular Hbond substituents is 2. The van der Waals surface area contributed by atoms with E-state index in [9.17, 15) is 36.6 Å². The van der Waals surface area contributed by atoms with Crippen molar-refractivity contribution < 1.29 is 36.6 Å². The minimum atomic E-state index is -4.62. The first-order chi connectivity index (χ1) is 15.1. The molecular weight excluding hydrogens is 450 g/mol. The summed E-state index contributed by atoms with van der Waals surface area (Å²) in [7, 11) is 0. The van der Waals surface area contributed by atoms with Gasteiger partial charge in [0.2, 0.25) is 0 Å². The number of halogens is 6. The summed E-state index contributed by atoms with van der Waals surface area (Å²) in [6.07, 6.45) is -7.21. The molecule has 0 amide bonds. The van der Waals surface area contributed by atoms with Crippen molar-refractivity contribution in [3.05, 3.63) is 57.6 Å². The lowest BCUT2D eigenvalue weighted by Gasteiger charge is -2.15. The number of rotatable bonds is 6. The van der Waals surface area contributed by atoms with Crippen LogP contribution < -0.4 is 0 Å². The van der Waals surface area contributed by atoms with Crippen LogP contribution in [0.3, 0.4) is 0 Å². The predicted molar refractivity (Wildman–Crippen MR) is 114 cm³/mol. The Morgan fingerprint density at radius 1 is 0.697 bits per heavy atom. The quantitative estimate of drug-likeness (QED) is 0.354. The van der Waals surface area contributed by atoms with Crippen LogP contribution in [0, 0.1) is 0 Å². The van der Waals surface area contributed by atoms with Gasteiger partial charge in [0.25, 0.3) is 0 Å². The highest BCUT2D eigenvalue weighted by molar-refractivity contribution is 5.86. The Bertz CT molecular complexity index is 971. The number of hydrogen-bond acceptors (Lipinski definition) is 4. The topological polar surface area (TPSA) is 65.2 Å². The first-order valence-corrected chi connectivity index (χ1v) is 10.0. The van der Waals surface area contributed by atoms with Crippen molar-refractivity contribution in [2.24, 2.45) is 9.98 Å². The lowest BCUT2D eigenvalue weighted by molar-refractivity contribution is -0.138. The van der Waals surface area contributed by atoms with Gasteiger partial charge in [0.05, 0.1) is 11.1 Å². The SMILES string of the molecule is CC(C)c1cc(C(F)(F)F)cc(C=NCN=Cc2cc(C(F)(F)F)cc(C(C)C)c2O)c1O. The molecule has 0 bridgehead atoms. The van der Waals surface area contributed by atoms with E-state index in [0.717, 1.165) is 36.7 Å². The summed E-state index contributed by atoms with van der Waals surface area (Å²) >= 11 is 0. The van der Waals surface area contributed by atoms with Crippen LogP contribution in [-0.2, 0) is 12.4 Å². The van der Waals surface area contributed by atoms with Gasteiger partial charge in [0.15, 0.2) is 0 Å². The Balaban J connectivity index is 2.32. The molecule has 0 atom stereocenters. The molecule has 2 N–H and O–H groups in total. The molecule has 0 radical (unpaired) electrons. The maximum atomic E-state index is 13.2. The monoisotopic (exact) mass is 474 g/mol. The van der Waals surface area contributed by atoms with E-state index >= 15 is 0 Å². The van der Waals surface area contributed by atoms with Crippen molar-refractivity contribution in [1.29, 1.82) is 0 Å². The molecule has 0 fully saturated rings. The second-order valence-corrected chi connectivity index (χ2v) is 8.08. The fraction of sp³-hybridized carbons (Fsp3) is 0.391. The molecule has 10 heteroatoms. The zero-order valence-corrected chi connectivity index (χ0v) is 18.4. The van der Waals surface area contributed by atoms with Crippen LogP contribution in [0.25, 0.3) is 0 Å². The smallest absolute Gasteiger partial charge is 0.416 e. The minimum absolute atomic E-state index is 0.102. The van der Waals surface area contributed by atoms with Crippen molar-refractivity contribution in [2.45, 2.75) is 51.9 Å². The number of benzene rings is 2. The zero-order chi connectivity index (χ0) is 25.1. The molecule has 0 saturated heterocycles. The third-order valence-electron chi connectivity index (χ3n) is 4.86. The van der Waals surface area contributed by atoms with E-state index in [0.29, 0.717) is 0 Å². The Hall–Kier alpha value is -3.04. The maximum absolute atomic E-state index is 13.2. The van der Waals surface area contributed by atoms with E-state index in [2.05, 4.69) is 9.98 Å². The predicted octanol–water partition coefficient (Wildman–Crippen LogP) is 6.88. The van der Waals surface area contributed by atoms with Crippen LogP contribution in [-0.4, -0.2) is 29.3 Å². The zero-order valence-electron chi connectivity index (χ0n) is 18.4. The Morgan fingerprint density at radius 2 is 1.03 bits per heavy atom. The lowest BCUT2D eigenvalue weighted by Crippen LogP contribution is -2.08. The standard InChI is InChI=1S/C23H24F6N2O2/c1-12(2)18-7-16(22(24,25)26)5-14(20(18)32)9-30-11-31-10-15-6-17(23(27,28)29)8-19(13(3)4)21(15)33/h5-10,12-13,32-33H,11H2,1-4H3. The molecule has 0 aromatic heterocycles. The van der Waals surface area contributed by atoms with E-state index in [-0.39, 0.29) is 52.3 Å². The van der Waals surface area contributed by atoms with Crippen molar-refractivity contribution in [2.75, 3.05) is 6.67 Å². The largest absolute Gasteiger partial charge is 0.507 e. The van der Waals surface area contributed by atoms with Gasteiger partial charge in [-0.25, -0.2) is 0 Å². The van der Waals surface area contributed by atoms with Crippen molar-refractivity contribution in [1.82, 2.24) is 0 Å². The summed E-state index contributed by atoms with van der Waals surface area (Å²) in [5, 5.41) is 20.5. The van der Waals surface area contributed by atoms with Crippen LogP contribution in [0.5, 0.6) is 11.5 Å². The molecule has 2 aromatic carbocycles. The van der Waals surface area contributed by atoms with Crippen LogP contribution >= 0.6 is 0 Å². The summed E-state index contributed by atoms with van der Waals surface area (Å²) in [6.45, 7) is 6.18. The number of nitrogens with zero attached hydrogens (tertiary/aromatic N) is 2. The second kappa shape index (κ2) is 9.84. The van der Waals surface area contributed by atoms with Gasteiger partial charge in [-0.2, -0.15) is 26.3 Å². The highest BCUT2D eigenvalue weighted by atomic mass is 19.4. The molecule has 180 valence electrons. The molecule has 2 aromatic rings. The lowest BCUT2D eigenvalue weighted by atomic mass is 9.96. The Morgan fingerprint density at radius 3 is 1.30 bits per heavy atom. The minimum Gasteiger partial charge on any atom is -0.507 e. The van der Waals surface area contributed by atoms with Crippen molar-refractivity contribution >= 4 is 12.4 Å². The normalized spacial score (nSPS) is 13.2. The fourth-order valence-corrected chi connectivity index (χ4v) is 3.09. The average Bonchev–Trinajstić information content (AvgIpc) is 2.67. The summed E-state index contributed by atoms with van der Waals surface area (Å²) in [5.74, 6) is -1.45. The molecule has 0 aliphatic carbocycles. The molecule has 33 heavy (non-hydrogen) atoms. The molecule has 0 aliphatic heterocycles. The van der Waals surface area contributed by atoms with E-state index in [4.69, 9.17) is 0 Å². The van der Waals surface area contributed by atoms with Crippen LogP contribution in [0.4, 0.5) is 26.3 Å². The van der Waals surface area contributed by atoms with Crippen LogP contribution in [0.1, 0.15) is 72.9 Å². The molecule has 0 saturated carbocycles. The summed E-state index contributed by atoms with van der Waals surface area (Å²) in [6, 6.07) is 3.25. The summed E-state index contributed by atoms with van der Waals surface area (Å²) < 4.78 is 79.0. The van der Waals surface area contributed by atoms with Crippen LogP contribution in [0.2, 0.25) is 0 Å². The molecule has 0 heterocycles. The van der Waals surface area contributed by atoms with Crippen molar-refractivity contribution in [3.63, 3.8) is 0 Å². The van der Waals surface area contributed by atoms with Gasteiger partial charge in [-0.3, -0.25) is 9.98 Å². The van der Waals surface area contributed by atoms with Crippen molar-refractivity contribution in [3.8, 4) is 11.5 Å². The van der Waals surface area contributed by atoms with Gasteiger partial charge in [-0.1, -0.05) is 27.7 Å². The van der Waals surface area contributed by atoms with Gasteiger partial charge >= 0.3 is 12.4 Å². The summed E-state index contributed by atoms with van der Waals surface area (Å²) in [4.78, 5) is 7.69. The number of aromatic hydroxyl groups is 2. The maximum Gasteiger partial charge on any atom is 0.416 e. The number of hydrogen-bond donors (Lipinski definition) is 2. The molecule has 4 nitrogen and oxygen atoms in total. The molecule has 2 rings (SSSR count). The first-order valence-electron chi connectivity index (χ1n) is 10.0. The Kier molecular flexibility index (Phi) is 7.82.